The lowest BCUT2D eigenvalue weighted by Crippen LogP contribution is -2.47. The average Bonchev–Trinajstić information content (AvgIpc) is 3.70. The predicted octanol–water partition coefficient (Wildman–Crippen LogP) is 4.92. The van der Waals surface area contributed by atoms with Gasteiger partial charge in [0.1, 0.15) is 6.33 Å². The van der Waals surface area contributed by atoms with Crippen LogP contribution in [0.15, 0.2) is 66.2 Å². The van der Waals surface area contributed by atoms with E-state index in [1.807, 2.05) is 20.8 Å². The maximum absolute atomic E-state index is 14.5. The highest BCUT2D eigenvalue weighted by atomic mass is 35.5. The highest BCUT2D eigenvalue weighted by Crippen LogP contribution is 2.45. The van der Waals surface area contributed by atoms with Crippen LogP contribution in [0.3, 0.4) is 0 Å². The molecule has 0 spiro atoms. The molecule has 1 amide bonds. The van der Waals surface area contributed by atoms with Gasteiger partial charge >= 0.3 is 6.55 Å². The molecule has 2 aromatic heterocycles. The molecule has 0 bridgehead atoms. The molecule has 2 aromatic carbocycles. The Bertz CT molecular complexity index is 1750. The first-order valence-corrected chi connectivity index (χ1v) is 13.4. The Balaban J connectivity index is 1.54. The summed E-state index contributed by atoms with van der Waals surface area (Å²) >= 11 is 6.45. The summed E-state index contributed by atoms with van der Waals surface area (Å²) in [6.45, 7) is -0.0785. The van der Waals surface area contributed by atoms with Gasteiger partial charge in [-0.05, 0) is 40.7 Å². The number of nitrogens with two attached hydrogens (primary N) is 1. The number of aromatic nitrogens is 5. The van der Waals surface area contributed by atoms with Gasteiger partial charge in [0.25, 0.3) is 5.91 Å². The molecule has 0 saturated heterocycles. The van der Waals surface area contributed by atoms with Crippen molar-refractivity contribution in [1.29, 1.82) is 0 Å². The molecule has 1 aliphatic heterocycles. The number of carbonyl (C=O) groups excluding carboxylic acids is 1. The number of benzene rings is 2. The topological polar surface area (TPSA) is 127 Å². The van der Waals surface area contributed by atoms with E-state index in [0.29, 0.717) is 26.9 Å². The molecule has 5 rings (SSSR count). The van der Waals surface area contributed by atoms with Crippen molar-refractivity contribution in [3.05, 3.63) is 77.3 Å². The Morgan fingerprint density at radius 1 is 1.14 bits per heavy atom. The minimum absolute atomic E-state index is 0.0193. The molecule has 10 nitrogen and oxygen atoms in total. The largest absolute Gasteiger partial charge is 0.394 e. The van der Waals surface area contributed by atoms with Crippen molar-refractivity contribution in [3.63, 3.8) is 0 Å². The fraction of sp³-hybridized carbons (Fsp3) is 0.345. The molecule has 3 heterocycles. The summed E-state index contributed by atoms with van der Waals surface area (Å²) in [6, 6.07) is 10.4. The van der Waals surface area contributed by atoms with E-state index < -0.39 is 43.0 Å². The molecule has 13 heteroatoms. The molecule has 42 heavy (non-hydrogen) atoms. The van der Waals surface area contributed by atoms with Crippen LogP contribution in [0.25, 0.3) is 22.5 Å². The molecule has 1 aliphatic rings. The van der Waals surface area contributed by atoms with Gasteiger partial charge in [0.15, 0.2) is 17.3 Å². The van der Waals surface area contributed by atoms with Crippen LogP contribution in [0.2, 0.25) is 5.02 Å². The smallest absolute Gasteiger partial charge is 0.333 e. The lowest BCUT2D eigenvalue weighted by molar-refractivity contribution is -0.135. The number of aliphatic hydroxyl groups excluding tert-OH is 1. The Labute approximate surface area is 250 Å². The minimum Gasteiger partial charge on any atom is -0.394 e. The summed E-state index contributed by atoms with van der Waals surface area (Å²) in [6.07, 6.45) is 3.91. The van der Waals surface area contributed by atoms with E-state index >= 15 is 0 Å². The number of aryl methyl sites for hydroxylation is 1. The average molecular weight is 600 g/mol. The summed E-state index contributed by atoms with van der Waals surface area (Å²) in [7, 11) is 0. The van der Waals surface area contributed by atoms with Gasteiger partial charge in [0.05, 0.1) is 23.9 Å². The number of rotatable bonds is 8. The van der Waals surface area contributed by atoms with E-state index in [4.69, 9.17) is 26.4 Å². The van der Waals surface area contributed by atoms with Crippen molar-refractivity contribution in [2.45, 2.75) is 45.3 Å². The molecule has 2 atom stereocenters. The summed E-state index contributed by atoms with van der Waals surface area (Å²) in [5.74, 6) is -0.615. The third kappa shape index (κ3) is 5.27. The second kappa shape index (κ2) is 10.9. The van der Waals surface area contributed by atoms with Crippen LogP contribution < -0.4 is 5.73 Å². The van der Waals surface area contributed by atoms with Crippen molar-refractivity contribution in [3.8, 4) is 22.5 Å². The number of aliphatic hydroxyl groups is 1. The Hall–Kier alpha value is -4.16. The van der Waals surface area contributed by atoms with Crippen LogP contribution >= 0.6 is 11.6 Å². The third-order valence-corrected chi connectivity index (χ3v) is 7.39. The molecule has 0 fully saturated rings. The zero-order valence-electron chi connectivity index (χ0n) is 26.0. The van der Waals surface area contributed by atoms with E-state index in [-0.39, 0.29) is 28.8 Å². The van der Waals surface area contributed by atoms with E-state index in [1.165, 1.54) is 29.4 Å². The zero-order chi connectivity index (χ0) is 32.9. The fourth-order valence-electron chi connectivity index (χ4n) is 5.29. The number of guanidine groups is 1. The van der Waals surface area contributed by atoms with Crippen LogP contribution in [-0.4, -0.2) is 53.0 Å². The summed E-state index contributed by atoms with van der Waals surface area (Å²) in [5, 5.41) is 18.3. The maximum atomic E-state index is 14.5. The molecule has 0 radical (unpaired) electrons. The second-order valence-corrected chi connectivity index (χ2v) is 11.6. The van der Waals surface area contributed by atoms with Gasteiger partial charge in [0.2, 0.25) is 0 Å². The molecule has 0 aliphatic carbocycles. The number of aliphatic imine (C=N–C) groups is 1. The van der Waals surface area contributed by atoms with Crippen LogP contribution in [0.1, 0.15) is 55.0 Å². The van der Waals surface area contributed by atoms with Crippen molar-refractivity contribution >= 4 is 23.5 Å². The van der Waals surface area contributed by atoms with Gasteiger partial charge in [0, 0.05) is 28.4 Å². The number of hydrogen-bond acceptors (Lipinski definition) is 7. The van der Waals surface area contributed by atoms with Gasteiger partial charge in [-0.15, -0.1) is 0 Å². The Kier molecular flexibility index (Phi) is 6.64. The van der Waals surface area contributed by atoms with Crippen LogP contribution in [-0.2, 0) is 17.3 Å². The zero-order valence-corrected chi connectivity index (χ0v) is 23.8. The standard InChI is InChI=1S/C29H31ClF2N8O2/c1-28(2,3)15-29(20-8-5-17(6-9-20)19-12-35-39(13-19)26(31)32)25(42)40(27(33)37-29)23(14-41)18-7-10-22(30)21(11-18)24-34-16-36-38(24)4/h5-13,16,23,26,41H,14-15H2,1-4H3,(H2,33,37)/t23-,29-/m1/s1/i4D3. The summed E-state index contributed by atoms with van der Waals surface area (Å²) < 4.78 is 50.8. The number of alkyl halides is 2. The number of halogens is 3. The third-order valence-electron chi connectivity index (χ3n) is 7.06. The quantitative estimate of drug-likeness (QED) is 0.296. The predicted molar refractivity (Wildman–Crippen MR) is 154 cm³/mol. The molecule has 220 valence electrons. The lowest BCUT2D eigenvalue weighted by atomic mass is 9.75. The number of carbonyl (C=O) groups is 1. The van der Waals surface area contributed by atoms with E-state index in [0.717, 1.165) is 11.0 Å². The molecule has 0 saturated carbocycles. The first-order valence-electron chi connectivity index (χ1n) is 14.5. The van der Waals surface area contributed by atoms with Gasteiger partial charge in [-0.1, -0.05) is 62.7 Å². The molecule has 3 N–H and O–H groups in total. The highest BCUT2D eigenvalue weighted by Gasteiger charge is 2.52. The highest BCUT2D eigenvalue weighted by molar-refractivity contribution is 6.33. The van der Waals surface area contributed by atoms with Gasteiger partial charge in [-0.25, -0.2) is 19.3 Å². The normalized spacial score (nSPS) is 19.5. The Morgan fingerprint density at radius 3 is 2.50 bits per heavy atom. The summed E-state index contributed by atoms with van der Waals surface area (Å²) in [4.78, 5) is 24.5. The summed E-state index contributed by atoms with van der Waals surface area (Å²) in [5.41, 5.74) is 6.83. The number of hydrogen-bond donors (Lipinski definition) is 2. The van der Waals surface area contributed by atoms with Gasteiger partial charge in [-0.2, -0.15) is 19.0 Å². The van der Waals surface area contributed by atoms with Crippen LogP contribution in [0, 0.1) is 5.41 Å². The maximum Gasteiger partial charge on any atom is 0.333 e. The molecular formula is C29H31ClF2N8O2. The molecule has 4 aromatic rings. The number of nitrogens with zero attached hydrogens (tertiary/aromatic N) is 7. The van der Waals surface area contributed by atoms with Crippen LogP contribution in [0.5, 0.6) is 0 Å². The second-order valence-electron chi connectivity index (χ2n) is 11.2. The Morgan fingerprint density at radius 2 is 1.88 bits per heavy atom. The fourth-order valence-corrected chi connectivity index (χ4v) is 5.49. The van der Waals surface area contributed by atoms with Crippen molar-refractivity contribution in [2.24, 2.45) is 23.1 Å². The first kappa shape index (κ1) is 25.5. The van der Waals surface area contributed by atoms with Crippen LogP contribution in [0.4, 0.5) is 8.78 Å². The minimum atomic E-state index is -2.77. The number of amides is 1. The molecule has 0 unspecified atom stereocenters. The van der Waals surface area contributed by atoms with E-state index in [9.17, 15) is 18.7 Å². The monoisotopic (exact) mass is 599 g/mol. The van der Waals surface area contributed by atoms with Gasteiger partial charge in [-0.3, -0.25) is 9.69 Å². The van der Waals surface area contributed by atoms with Crippen molar-refractivity contribution < 1.29 is 22.8 Å². The van der Waals surface area contributed by atoms with Crippen molar-refractivity contribution in [2.75, 3.05) is 6.61 Å². The van der Waals surface area contributed by atoms with E-state index in [1.54, 1.807) is 30.3 Å². The lowest BCUT2D eigenvalue weighted by Gasteiger charge is -2.34. The van der Waals surface area contributed by atoms with E-state index in [2.05, 4.69) is 15.2 Å². The van der Waals surface area contributed by atoms with Gasteiger partial charge < -0.3 is 10.8 Å². The SMILES string of the molecule is [2H]C([2H])([2H])n1ncnc1-c1cc([C@@H](CO)N2C(=O)[C@@](CC(C)(C)C)(c3ccc(-c4cnn(C(F)F)c4)cc3)N=C2N)ccc1Cl. The molecular weight excluding hydrogens is 566 g/mol. The first-order chi connectivity index (χ1) is 21.1. The van der Waals surface area contributed by atoms with Crippen molar-refractivity contribution in [1.82, 2.24) is 29.4 Å².